The zero-order valence-electron chi connectivity index (χ0n) is 12.0. The highest BCUT2D eigenvalue weighted by atomic mass is 16.5. The molecule has 0 unspecified atom stereocenters. The molecule has 1 aliphatic rings. The maximum atomic E-state index is 10.3. The predicted octanol–water partition coefficient (Wildman–Crippen LogP) is 1.32. The van der Waals surface area contributed by atoms with Crippen molar-refractivity contribution in [1.82, 2.24) is 14.7 Å². The Hall–Kier alpha value is -1.69. The molecule has 1 aromatic heterocycles. The molecule has 5 heteroatoms. The first kappa shape index (κ1) is 14.3. The number of aromatic nitrogens is 2. The Morgan fingerprint density at radius 3 is 2.90 bits per heavy atom. The molecule has 21 heavy (non-hydrogen) atoms. The number of benzene rings is 1. The Labute approximate surface area is 124 Å². The summed E-state index contributed by atoms with van der Waals surface area (Å²) in [7, 11) is 0. The monoisotopic (exact) mass is 287 g/mol. The average Bonchev–Trinajstić information content (AvgIpc) is 3.01. The van der Waals surface area contributed by atoms with Crippen molar-refractivity contribution in [3.63, 3.8) is 0 Å². The number of nitrogens with zero attached hydrogens (tertiary/aromatic N) is 3. The normalized spacial score (nSPS) is 21.3. The van der Waals surface area contributed by atoms with Crippen LogP contribution in [0.5, 0.6) is 0 Å². The minimum atomic E-state index is -0.449. The molecular formula is C16H21N3O2. The predicted molar refractivity (Wildman–Crippen MR) is 79.8 cm³/mol. The molecule has 3 rings (SSSR count). The third-order valence-electron chi connectivity index (χ3n) is 3.79. The molecule has 0 saturated carbocycles. The van der Waals surface area contributed by atoms with E-state index in [0.717, 1.165) is 25.2 Å². The third kappa shape index (κ3) is 3.91. The first-order valence-electron chi connectivity index (χ1n) is 7.35. The minimum Gasteiger partial charge on any atom is -0.387 e. The summed E-state index contributed by atoms with van der Waals surface area (Å²) in [5, 5.41) is 14.5. The van der Waals surface area contributed by atoms with Gasteiger partial charge in [0.2, 0.25) is 0 Å². The molecule has 1 aliphatic heterocycles. The molecule has 0 bridgehead atoms. The molecule has 1 aromatic carbocycles. The smallest absolute Gasteiger partial charge is 0.0916 e. The van der Waals surface area contributed by atoms with Crippen LogP contribution in [0.1, 0.15) is 11.7 Å². The van der Waals surface area contributed by atoms with Gasteiger partial charge in [-0.25, -0.2) is 0 Å². The van der Waals surface area contributed by atoms with Gasteiger partial charge < -0.3 is 9.84 Å². The van der Waals surface area contributed by atoms with Gasteiger partial charge in [-0.1, -0.05) is 30.3 Å². The van der Waals surface area contributed by atoms with Crippen LogP contribution in [0.15, 0.2) is 48.8 Å². The number of hydrogen-bond donors (Lipinski definition) is 1. The summed E-state index contributed by atoms with van der Waals surface area (Å²) in [6, 6.07) is 11.7. The molecule has 112 valence electrons. The molecule has 1 saturated heterocycles. The van der Waals surface area contributed by atoms with Gasteiger partial charge in [-0.15, -0.1) is 0 Å². The maximum absolute atomic E-state index is 10.3. The van der Waals surface area contributed by atoms with Gasteiger partial charge in [-0.05, 0) is 11.6 Å². The third-order valence-corrected chi connectivity index (χ3v) is 3.79. The van der Waals surface area contributed by atoms with Crippen molar-refractivity contribution in [2.24, 2.45) is 0 Å². The summed E-state index contributed by atoms with van der Waals surface area (Å²) in [5.74, 6) is 0. The van der Waals surface area contributed by atoms with Crippen LogP contribution in [0.4, 0.5) is 0 Å². The van der Waals surface area contributed by atoms with Gasteiger partial charge in [0, 0.05) is 32.0 Å². The van der Waals surface area contributed by atoms with Crippen molar-refractivity contribution in [1.29, 1.82) is 0 Å². The fourth-order valence-corrected chi connectivity index (χ4v) is 2.70. The second kappa shape index (κ2) is 6.85. The number of rotatable bonds is 5. The lowest BCUT2D eigenvalue weighted by atomic mass is 10.1. The maximum Gasteiger partial charge on any atom is 0.0916 e. The van der Waals surface area contributed by atoms with Gasteiger partial charge in [0.05, 0.1) is 25.4 Å². The molecule has 0 amide bonds. The van der Waals surface area contributed by atoms with Gasteiger partial charge in [-0.2, -0.15) is 5.10 Å². The minimum absolute atomic E-state index is 0.127. The van der Waals surface area contributed by atoms with Gasteiger partial charge in [0.25, 0.3) is 0 Å². The topological polar surface area (TPSA) is 50.5 Å². The molecule has 2 heterocycles. The summed E-state index contributed by atoms with van der Waals surface area (Å²) in [4.78, 5) is 2.26. The first-order valence-corrected chi connectivity index (χ1v) is 7.35. The Morgan fingerprint density at radius 2 is 2.14 bits per heavy atom. The molecule has 1 fully saturated rings. The second-order valence-electron chi connectivity index (χ2n) is 5.41. The van der Waals surface area contributed by atoms with Gasteiger partial charge in [0.15, 0.2) is 0 Å². The molecule has 5 nitrogen and oxygen atoms in total. The summed E-state index contributed by atoms with van der Waals surface area (Å²) < 4.78 is 7.68. The van der Waals surface area contributed by atoms with Crippen molar-refractivity contribution in [3.8, 4) is 0 Å². The summed E-state index contributed by atoms with van der Waals surface area (Å²) >= 11 is 0. The highest BCUT2D eigenvalue weighted by Crippen LogP contribution is 2.16. The number of aliphatic hydroxyl groups is 1. The van der Waals surface area contributed by atoms with Crippen LogP contribution in [0.2, 0.25) is 0 Å². The highest BCUT2D eigenvalue weighted by molar-refractivity contribution is 5.17. The number of β-amino-alcohol motifs (C(OH)–C–C–N with tert-alkyl or cyclic N) is 1. The van der Waals surface area contributed by atoms with E-state index < -0.39 is 6.10 Å². The van der Waals surface area contributed by atoms with E-state index in [9.17, 15) is 5.11 Å². The van der Waals surface area contributed by atoms with Crippen LogP contribution < -0.4 is 0 Å². The van der Waals surface area contributed by atoms with Crippen LogP contribution in [-0.2, 0) is 11.3 Å². The fourth-order valence-electron chi connectivity index (χ4n) is 2.70. The second-order valence-corrected chi connectivity index (χ2v) is 5.41. The highest BCUT2D eigenvalue weighted by Gasteiger charge is 2.23. The Bertz CT molecular complexity index is 530. The van der Waals surface area contributed by atoms with Crippen molar-refractivity contribution in [2.75, 3.05) is 26.2 Å². The lowest BCUT2D eigenvalue weighted by Crippen LogP contribution is -2.45. The Kier molecular flexibility index (Phi) is 4.65. The van der Waals surface area contributed by atoms with E-state index in [2.05, 4.69) is 10.00 Å². The SMILES string of the molecule is O[C@@H](CN1CCO[C@@H](Cn2cccn2)C1)c1ccccc1. The van der Waals surface area contributed by atoms with Crippen LogP contribution in [0, 0.1) is 0 Å². The summed E-state index contributed by atoms with van der Waals surface area (Å²) in [6.45, 7) is 3.78. The van der Waals surface area contributed by atoms with E-state index in [0.29, 0.717) is 13.2 Å². The lowest BCUT2D eigenvalue weighted by Gasteiger charge is -2.34. The van der Waals surface area contributed by atoms with E-state index in [1.807, 2.05) is 47.3 Å². The van der Waals surface area contributed by atoms with Crippen LogP contribution in [0.25, 0.3) is 0 Å². The number of morpholine rings is 1. The van der Waals surface area contributed by atoms with Gasteiger partial charge in [-0.3, -0.25) is 9.58 Å². The molecule has 2 aromatic rings. The largest absolute Gasteiger partial charge is 0.387 e. The van der Waals surface area contributed by atoms with Gasteiger partial charge in [0.1, 0.15) is 0 Å². The molecule has 0 spiro atoms. The van der Waals surface area contributed by atoms with Crippen molar-refractivity contribution < 1.29 is 9.84 Å². The fraction of sp³-hybridized carbons (Fsp3) is 0.438. The Balaban J connectivity index is 1.54. The lowest BCUT2D eigenvalue weighted by molar-refractivity contribution is -0.0486. The van der Waals surface area contributed by atoms with Crippen LogP contribution in [-0.4, -0.2) is 52.1 Å². The van der Waals surface area contributed by atoms with E-state index in [-0.39, 0.29) is 6.10 Å². The quantitative estimate of drug-likeness (QED) is 0.901. The zero-order valence-corrected chi connectivity index (χ0v) is 12.0. The van der Waals surface area contributed by atoms with Gasteiger partial charge >= 0.3 is 0 Å². The first-order chi connectivity index (χ1) is 10.3. The van der Waals surface area contributed by atoms with E-state index in [1.165, 1.54) is 0 Å². The van der Waals surface area contributed by atoms with E-state index in [1.54, 1.807) is 6.20 Å². The Morgan fingerprint density at radius 1 is 1.29 bits per heavy atom. The number of aliphatic hydroxyl groups excluding tert-OH is 1. The zero-order chi connectivity index (χ0) is 14.5. The molecule has 0 aliphatic carbocycles. The molecule has 0 radical (unpaired) electrons. The van der Waals surface area contributed by atoms with Crippen molar-refractivity contribution in [3.05, 3.63) is 54.4 Å². The van der Waals surface area contributed by atoms with Crippen LogP contribution >= 0.6 is 0 Å². The summed E-state index contributed by atoms with van der Waals surface area (Å²) in [6.07, 6.45) is 3.40. The number of hydrogen-bond acceptors (Lipinski definition) is 4. The molecular weight excluding hydrogens is 266 g/mol. The van der Waals surface area contributed by atoms with Crippen molar-refractivity contribution >= 4 is 0 Å². The van der Waals surface area contributed by atoms with E-state index in [4.69, 9.17) is 4.74 Å². The summed E-state index contributed by atoms with van der Waals surface area (Å²) in [5.41, 5.74) is 0.965. The standard InChI is InChI=1S/C16H21N3O2/c20-16(14-5-2-1-3-6-14)13-18-9-10-21-15(11-18)12-19-8-4-7-17-19/h1-8,15-16,20H,9-13H2/t15-,16+/m1/s1. The van der Waals surface area contributed by atoms with E-state index >= 15 is 0 Å². The molecule has 2 atom stereocenters. The average molecular weight is 287 g/mol. The molecule has 1 N–H and O–H groups in total. The van der Waals surface area contributed by atoms with Crippen LogP contribution in [0.3, 0.4) is 0 Å². The van der Waals surface area contributed by atoms with Crippen molar-refractivity contribution in [2.45, 2.75) is 18.8 Å². The number of ether oxygens (including phenoxy) is 1.